The lowest BCUT2D eigenvalue weighted by atomic mass is 10.2. The predicted octanol–water partition coefficient (Wildman–Crippen LogP) is 2.81. The summed E-state index contributed by atoms with van der Waals surface area (Å²) in [4.78, 5) is 11.3. The Hall–Kier alpha value is -1.03. The molecule has 4 heteroatoms. The molecule has 1 aromatic carbocycles. The Morgan fingerprint density at radius 2 is 2.33 bits per heavy atom. The van der Waals surface area contributed by atoms with Crippen LogP contribution in [-0.2, 0) is 9.53 Å². The van der Waals surface area contributed by atoms with Gasteiger partial charge in [-0.15, -0.1) is 0 Å². The Morgan fingerprint density at radius 3 is 2.93 bits per heavy atom. The van der Waals surface area contributed by atoms with Gasteiger partial charge in [0, 0.05) is 10.2 Å². The smallest absolute Gasteiger partial charge is 0.328 e. The number of esters is 1. The SMILES string of the molecule is CCOC(=O)[C@@H](C)Nc1cccc(Br)c1. The van der Waals surface area contributed by atoms with Crippen molar-refractivity contribution in [2.75, 3.05) is 11.9 Å². The van der Waals surface area contributed by atoms with E-state index >= 15 is 0 Å². The third-order valence-corrected chi connectivity index (χ3v) is 2.34. The summed E-state index contributed by atoms with van der Waals surface area (Å²) in [6.07, 6.45) is 0. The summed E-state index contributed by atoms with van der Waals surface area (Å²) in [5.74, 6) is -0.238. The summed E-state index contributed by atoms with van der Waals surface area (Å²) in [5, 5.41) is 3.06. The van der Waals surface area contributed by atoms with E-state index in [0.717, 1.165) is 10.2 Å². The molecular formula is C11H14BrNO2. The highest BCUT2D eigenvalue weighted by Gasteiger charge is 2.12. The van der Waals surface area contributed by atoms with Gasteiger partial charge >= 0.3 is 5.97 Å². The predicted molar refractivity (Wildman–Crippen MR) is 63.9 cm³/mol. The quantitative estimate of drug-likeness (QED) is 0.856. The average molecular weight is 272 g/mol. The molecule has 0 radical (unpaired) electrons. The van der Waals surface area contributed by atoms with Gasteiger partial charge in [-0.2, -0.15) is 0 Å². The largest absolute Gasteiger partial charge is 0.464 e. The van der Waals surface area contributed by atoms with Crippen molar-refractivity contribution in [1.82, 2.24) is 0 Å². The maximum Gasteiger partial charge on any atom is 0.328 e. The normalized spacial score (nSPS) is 11.9. The molecule has 0 amide bonds. The number of rotatable bonds is 4. The third-order valence-electron chi connectivity index (χ3n) is 1.85. The van der Waals surface area contributed by atoms with Crippen molar-refractivity contribution >= 4 is 27.6 Å². The van der Waals surface area contributed by atoms with E-state index < -0.39 is 0 Å². The molecule has 0 fully saturated rings. The minimum Gasteiger partial charge on any atom is -0.464 e. The average Bonchev–Trinajstić information content (AvgIpc) is 2.18. The molecule has 0 aromatic heterocycles. The molecule has 0 spiro atoms. The monoisotopic (exact) mass is 271 g/mol. The molecule has 0 aliphatic carbocycles. The Kier molecular flexibility index (Phi) is 4.62. The van der Waals surface area contributed by atoms with Crippen LogP contribution in [0.4, 0.5) is 5.69 Å². The van der Waals surface area contributed by atoms with Gasteiger partial charge in [0.05, 0.1) is 6.61 Å². The minimum atomic E-state index is -0.334. The molecule has 1 atom stereocenters. The first-order chi connectivity index (χ1) is 7.13. The number of anilines is 1. The lowest BCUT2D eigenvalue weighted by Gasteiger charge is -2.13. The standard InChI is InChI=1S/C11H14BrNO2/c1-3-15-11(14)8(2)13-10-6-4-5-9(12)7-10/h4-8,13H,3H2,1-2H3/t8-/m1/s1. The van der Waals surface area contributed by atoms with Crippen molar-refractivity contribution in [3.05, 3.63) is 28.7 Å². The van der Waals surface area contributed by atoms with Crippen molar-refractivity contribution in [2.24, 2.45) is 0 Å². The van der Waals surface area contributed by atoms with Gasteiger partial charge in [-0.05, 0) is 32.0 Å². The summed E-state index contributed by atoms with van der Waals surface area (Å²) < 4.78 is 5.87. The zero-order chi connectivity index (χ0) is 11.3. The molecule has 82 valence electrons. The highest BCUT2D eigenvalue weighted by Crippen LogP contribution is 2.16. The molecule has 15 heavy (non-hydrogen) atoms. The van der Waals surface area contributed by atoms with Crippen LogP contribution in [-0.4, -0.2) is 18.6 Å². The van der Waals surface area contributed by atoms with Gasteiger partial charge in [-0.3, -0.25) is 0 Å². The molecule has 0 saturated carbocycles. The summed E-state index contributed by atoms with van der Waals surface area (Å²) in [6, 6.07) is 7.32. The maximum atomic E-state index is 11.3. The molecule has 1 rings (SSSR count). The first-order valence-corrected chi connectivity index (χ1v) is 5.61. The van der Waals surface area contributed by atoms with Crippen LogP contribution in [0.5, 0.6) is 0 Å². The zero-order valence-electron chi connectivity index (χ0n) is 8.79. The minimum absolute atomic E-state index is 0.238. The molecule has 0 heterocycles. The van der Waals surface area contributed by atoms with Crippen LogP contribution in [0.1, 0.15) is 13.8 Å². The second kappa shape index (κ2) is 5.75. The lowest BCUT2D eigenvalue weighted by molar-refractivity contribution is -0.143. The van der Waals surface area contributed by atoms with Gasteiger partial charge in [0.2, 0.25) is 0 Å². The van der Waals surface area contributed by atoms with Crippen LogP contribution in [0.2, 0.25) is 0 Å². The molecule has 0 bridgehead atoms. The number of carbonyl (C=O) groups is 1. The maximum absolute atomic E-state index is 11.3. The van der Waals surface area contributed by atoms with Gasteiger partial charge in [0.25, 0.3) is 0 Å². The van der Waals surface area contributed by atoms with Crippen molar-refractivity contribution in [2.45, 2.75) is 19.9 Å². The Labute approximate surface area is 97.9 Å². The van der Waals surface area contributed by atoms with E-state index in [-0.39, 0.29) is 12.0 Å². The van der Waals surface area contributed by atoms with E-state index in [9.17, 15) is 4.79 Å². The first kappa shape index (κ1) is 12.0. The van der Waals surface area contributed by atoms with Crippen molar-refractivity contribution in [1.29, 1.82) is 0 Å². The van der Waals surface area contributed by atoms with Crippen LogP contribution in [0.15, 0.2) is 28.7 Å². The molecule has 1 aromatic rings. The van der Waals surface area contributed by atoms with E-state index in [2.05, 4.69) is 21.2 Å². The summed E-state index contributed by atoms with van der Waals surface area (Å²) in [6.45, 7) is 3.98. The summed E-state index contributed by atoms with van der Waals surface area (Å²) in [7, 11) is 0. The van der Waals surface area contributed by atoms with Crippen LogP contribution in [0.25, 0.3) is 0 Å². The number of carbonyl (C=O) groups excluding carboxylic acids is 1. The lowest BCUT2D eigenvalue weighted by Crippen LogP contribution is -2.28. The molecule has 1 N–H and O–H groups in total. The van der Waals surface area contributed by atoms with Gasteiger partial charge in [0.1, 0.15) is 6.04 Å². The second-order valence-electron chi connectivity index (χ2n) is 3.13. The first-order valence-electron chi connectivity index (χ1n) is 4.82. The fourth-order valence-electron chi connectivity index (χ4n) is 1.15. The van der Waals surface area contributed by atoms with Gasteiger partial charge in [-0.25, -0.2) is 4.79 Å². The zero-order valence-corrected chi connectivity index (χ0v) is 10.4. The van der Waals surface area contributed by atoms with E-state index in [4.69, 9.17) is 4.74 Å². The number of benzene rings is 1. The van der Waals surface area contributed by atoms with Crippen molar-refractivity contribution < 1.29 is 9.53 Å². The van der Waals surface area contributed by atoms with Gasteiger partial charge < -0.3 is 10.1 Å². The van der Waals surface area contributed by atoms with E-state index in [0.29, 0.717) is 6.61 Å². The molecule has 0 aliphatic heterocycles. The molecule has 0 saturated heterocycles. The highest BCUT2D eigenvalue weighted by molar-refractivity contribution is 9.10. The van der Waals surface area contributed by atoms with Gasteiger partial charge in [0.15, 0.2) is 0 Å². The van der Waals surface area contributed by atoms with Crippen LogP contribution >= 0.6 is 15.9 Å². The Morgan fingerprint density at radius 1 is 1.60 bits per heavy atom. The topological polar surface area (TPSA) is 38.3 Å². The summed E-state index contributed by atoms with van der Waals surface area (Å²) in [5.41, 5.74) is 0.893. The summed E-state index contributed by atoms with van der Waals surface area (Å²) >= 11 is 3.36. The van der Waals surface area contributed by atoms with E-state index in [1.165, 1.54) is 0 Å². The Balaban J connectivity index is 2.58. The van der Waals surface area contributed by atoms with E-state index in [1.807, 2.05) is 24.3 Å². The van der Waals surface area contributed by atoms with E-state index in [1.54, 1.807) is 13.8 Å². The van der Waals surface area contributed by atoms with Crippen molar-refractivity contribution in [3.8, 4) is 0 Å². The highest BCUT2D eigenvalue weighted by atomic mass is 79.9. The molecule has 3 nitrogen and oxygen atoms in total. The van der Waals surface area contributed by atoms with Gasteiger partial charge in [-0.1, -0.05) is 22.0 Å². The van der Waals surface area contributed by atoms with Crippen LogP contribution in [0.3, 0.4) is 0 Å². The molecular weight excluding hydrogens is 258 g/mol. The number of hydrogen-bond donors (Lipinski definition) is 1. The second-order valence-corrected chi connectivity index (χ2v) is 4.04. The molecule has 0 unspecified atom stereocenters. The fraction of sp³-hybridized carbons (Fsp3) is 0.364. The van der Waals surface area contributed by atoms with Crippen LogP contribution < -0.4 is 5.32 Å². The number of nitrogens with one attached hydrogen (secondary N) is 1. The van der Waals surface area contributed by atoms with Crippen molar-refractivity contribution in [3.63, 3.8) is 0 Å². The molecule has 0 aliphatic rings. The fourth-order valence-corrected chi connectivity index (χ4v) is 1.55. The number of hydrogen-bond acceptors (Lipinski definition) is 3. The Bertz CT molecular complexity index is 341. The number of ether oxygens (including phenoxy) is 1. The third kappa shape index (κ3) is 3.91. The van der Waals surface area contributed by atoms with Crippen LogP contribution in [0, 0.1) is 0 Å². The number of halogens is 1.